The largest absolute Gasteiger partial charge is 0.461 e. The maximum atomic E-state index is 11.8. The fraction of sp³-hybridized carbons (Fsp3) is 0.200. The van der Waals surface area contributed by atoms with E-state index in [1.54, 1.807) is 25.3 Å². The van der Waals surface area contributed by atoms with Gasteiger partial charge in [-0.25, -0.2) is 9.78 Å². The highest BCUT2D eigenvalue weighted by molar-refractivity contribution is 6.31. The van der Waals surface area contributed by atoms with Crippen LogP contribution in [0.5, 0.6) is 0 Å². The Hall–Kier alpha value is -2.47. The fourth-order valence-electron chi connectivity index (χ4n) is 2.18. The second-order valence-corrected chi connectivity index (χ2v) is 5.12. The summed E-state index contributed by atoms with van der Waals surface area (Å²) in [5.74, 6) is 0.375. The van der Waals surface area contributed by atoms with Gasteiger partial charge in [-0.2, -0.15) is 0 Å². The number of aromatic nitrogens is 3. The second-order valence-electron chi connectivity index (χ2n) is 4.69. The average molecular weight is 319 g/mol. The van der Waals surface area contributed by atoms with Crippen LogP contribution in [-0.2, 0) is 11.3 Å². The Kier molecular flexibility index (Phi) is 4.02. The van der Waals surface area contributed by atoms with Gasteiger partial charge < -0.3 is 20.0 Å². The van der Waals surface area contributed by atoms with Gasteiger partial charge in [0.15, 0.2) is 0 Å². The van der Waals surface area contributed by atoms with Gasteiger partial charge >= 0.3 is 5.97 Å². The number of rotatable bonds is 5. The van der Waals surface area contributed by atoms with Crippen LogP contribution in [0.2, 0.25) is 5.02 Å². The molecule has 0 amide bonds. The number of benzene rings is 1. The van der Waals surface area contributed by atoms with E-state index in [2.05, 4.69) is 20.3 Å². The number of nitrogens with one attached hydrogen (secondary N) is 3. The molecule has 2 heterocycles. The number of hydrogen-bond acceptors (Lipinski definition) is 4. The number of anilines is 1. The SMILES string of the molecule is CCOC(=O)c1[nH]ccc1NCc1nc2cc(Cl)ccc2[nH]1. The smallest absolute Gasteiger partial charge is 0.356 e. The van der Waals surface area contributed by atoms with Crippen molar-refractivity contribution in [1.29, 1.82) is 0 Å². The van der Waals surface area contributed by atoms with Crippen molar-refractivity contribution in [2.75, 3.05) is 11.9 Å². The lowest BCUT2D eigenvalue weighted by Crippen LogP contribution is -2.09. The number of H-pyrrole nitrogens is 2. The van der Waals surface area contributed by atoms with Crippen molar-refractivity contribution in [3.05, 3.63) is 47.0 Å². The summed E-state index contributed by atoms with van der Waals surface area (Å²) in [5, 5.41) is 3.81. The number of imidazole rings is 1. The van der Waals surface area contributed by atoms with Crippen molar-refractivity contribution in [3.8, 4) is 0 Å². The van der Waals surface area contributed by atoms with Gasteiger partial charge in [0.2, 0.25) is 0 Å². The van der Waals surface area contributed by atoms with E-state index in [0.29, 0.717) is 29.6 Å². The zero-order valence-corrected chi connectivity index (χ0v) is 12.7. The molecule has 0 fully saturated rings. The minimum absolute atomic E-state index is 0.335. The van der Waals surface area contributed by atoms with Crippen LogP contribution >= 0.6 is 11.6 Å². The van der Waals surface area contributed by atoms with E-state index in [4.69, 9.17) is 16.3 Å². The van der Waals surface area contributed by atoms with Crippen LogP contribution in [0.4, 0.5) is 5.69 Å². The molecule has 22 heavy (non-hydrogen) atoms. The number of fused-ring (bicyclic) bond motifs is 1. The third-order valence-corrected chi connectivity index (χ3v) is 3.40. The second kappa shape index (κ2) is 6.11. The van der Waals surface area contributed by atoms with Crippen molar-refractivity contribution >= 4 is 34.3 Å². The number of ether oxygens (including phenoxy) is 1. The topological polar surface area (TPSA) is 82.8 Å². The Bertz CT molecular complexity index is 809. The van der Waals surface area contributed by atoms with E-state index in [1.807, 2.05) is 12.1 Å². The monoisotopic (exact) mass is 318 g/mol. The first kappa shape index (κ1) is 14.5. The van der Waals surface area contributed by atoms with Gasteiger partial charge in [0.05, 0.1) is 29.9 Å². The van der Waals surface area contributed by atoms with Crippen LogP contribution in [-0.4, -0.2) is 27.5 Å². The molecule has 0 aliphatic heterocycles. The molecular formula is C15H15ClN4O2. The molecule has 0 radical (unpaired) electrons. The Morgan fingerprint density at radius 2 is 2.27 bits per heavy atom. The first-order chi connectivity index (χ1) is 10.7. The molecule has 0 saturated heterocycles. The number of carbonyl (C=O) groups is 1. The third-order valence-electron chi connectivity index (χ3n) is 3.17. The van der Waals surface area contributed by atoms with E-state index in [-0.39, 0.29) is 5.97 Å². The number of nitrogens with zero attached hydrogens (tertiary/aromatic N) is 1. The van der Waals surface area contributed by atoms with E-state index in [1.165, 1.54) is 0 Å². The lowest BCUT2D eigenvalue weighted by atomic mass is 10.3. The van der Waals surface area contributed by atoms with E-state index in [0.717, 1.165) is 16.9 Å². The summed E-state index contributed by atoms with van der Waals surface area (Å²) < 4.78 is 4.99. The van der Waals surface area contributed by atoms with E-state index in [9.17, 15) is 4.79 Å². The van der Waals surface area contributed by atoms with Crippen molar-refractivity contribution in [3.63, 3.8) is 0 Å². The number of hydrogen-bond donors (Lipinski definition) is 3. The Morgan fingerprint density at radius 3 is 3.09 bits per heavy atom. The predicted octanol–water partition coefficient (Wildman–Crippen LogP) is 3.33. The average Bonchev–Trinajstić information content (AvgIpc) is 3.10. The first-order valence-corrected chi connectivity index (χ1v) is 7.27. The van der Waals surface area contributed by atoms with Crippen molar-refractivity contribution in [1.82, 2.24) is 15.0 Å². The minimum atomic E-state index is -0.383. The van der Waals surface area contributed by atoms with Crippen molar-refractivity contribution in [2.45, 2.75) is 13.5 Å². The number of aromatic amines is 2. The molecule has 114 valence electrons. The van der Waals surface area contributed by atoms with Gasteiger partial charge in [-0.3, -0.25) is 0 Å². The zero-order valence-electron chi connectivity index (χ0n) is 11.9. The maximum absolute atomic E-state index is 11.8. The highest BCUT2D eigenvalue weighted by Gasteiger charge is 2.14. The highest BCUT2D eigenvalue weighted by atomic mass is 35.5. The van der Waals surface area contributed by atoms with Gasteiger partial charge in [-0.15, -0.1) is 0 Å². The Balaban J connectivity index is 1.74. The van der Waals surface area contributed by atoms with Crippen LogP contribution in [0.1, 0.15) is 23.2 Å². The Labute approximate surface area is 131 Å². The molecule has 0 saturated carbocycles. The summed E-state index contributed by atoms with van der Waals surface area (Å²) in [5.41, 5.74) is 2.81. The molecule has 7 heteroatoms. The molecule has 6 nitrogen and oxygen atoms in total. The summed E-state index contributed by atoms with van der Waals surface area (Å²) in [6.45, 7) is 2.56. The summed E-state index contributed by atoms with van der Waals surface area (Å²) in [6, 6.07) is 7.28. The normalized spacial score (nSPS) is 10.8. The number of esters is 1. The standard InChI is InChI=1S/C15H15ClN4O2/c1-2-22-15(21)14-11(5-6-17-14)18-8-13-19-10-4-3-9(16)7-12(10)20-13/h3-7,17-18H,2,8H2,1H3,(H,19,20). The van der Waals surface area contributed by atoms with Gasteiger partial charge in [-0.05, 0) is 31.2 Å². The minimum Gasteiger partial charge on any atom is -0.461 e. The van der Waals surface area contributed by atoms with Gasteiger partial charge in [0.25, 0.3) is 0 Å². The van der Waals surface area contributed by atoms with E-state index < -0.39 is 0 Å². The molecule has 0 bridgehead atoms. The van der Waals surface area contributed by atoms with Crippen LogP contribution in [0.3, 0.4) is 0 Å². The molecule has 3 rings (SSSR count). The first-order valence-electron chi connectivity index (χ1n) is 6.90. The molecule has 0 atom stereocenters. The van der Waals surface area contributed by atoms with Crippen LogP contribution in [0.25, 0.3) is 11.0 Å². The Morgan fingerprint density at radius 1 is 1.41 bits per heavy atom. The molecule has 2 aromatic heterocycles. The van der Waals surface area contributed by atoms with Crippen molar-refractivity contribution in [2.24, 2.45) is 0 Å². The van der Waals surface area contributed by atoms with Gasteiger partial charge in [-0.1, -0.05) is 11.6 Å². The molecular weight excluding hydrogens is 304 g/mol. The summed E-state index contributed by atoms with van der Waals surface area (Å²) in [4.78, 5) is 22.3. The lowest BCUT2D eigenvalue weighted by Gasteiger charge is -2.05. The lowest BCUT2D eigenvalue weighted by molar-refractivity contribution is 0.0521. The van der Waals surface area contributed by atoms with Crippen LogP contribution < -0.4 is 5.32 Å². The van der Waals surface area contributed by atoms with Gasteiger partial charge in [0.1, 0.15) is 11.5 Å². The summed E-state index contributed by atoms with van der Waals surface area (Å²) >= 11 is 5.95. The van der Waals surface area contributed by atoms with Crippen LogP contribution in [0, 0.1) is 0 Å². The zero-order chi connectivity index (χ0) is 15.5. The van der Waals surface area contributed by atoms with Crippen molar-refractivity contribution < 1.29 is 9.53 Å². The maximum Gasteiger partial charge on any atom is 0.356 e. The van der Waals surface area contributed by atoms with Crippen LogP contribution in [0.15, 0.2) is 30.5 Å². The summed E-state index contributed by atoms with van der Waals surface area (Å²) in [6.07, 6.45) is 1.69. The molecule has 3 N–H and O–H groups in total. The fourth-order valence-corrected chi connectivity index (χ4v) is 2.35. The molecule has 1 aromatic carbocycles. The quantitative estimate of drug-likeness (QED) is 0.630. The highest BCUT2D eigenvalue weighted by Crippen LogP contribution is 2.19. The molecule has 0 aliphatic carbocycles. The molecule has 0 aliphatic rings. The number of carbonyl (C=O) groups excluding carboxylic acids is 1. The molecule has 0 unspecified atom stereocenters. The third kappa shape index (κ3) is 2.92. The summed E-state index contributed by atoms with van der Waals surface area (Å²) in [7, 11) is 0. The molecule has 0 spiro atoms. The molecule has 3 aromatic rings. The van der Waals surface area contributed by atoms with E-state index >= 15 is 0 Å². The predicted molar refractivity (Wildman–Crippen MR) is 85.2 cm³/mol. The van der Waals surface area contributed by atoms with Gasteiger partial charge in [0, 0.05) is 11.2 Å². The number of halogens is 1.